The zero-order chi connectivity index (χ0) is 19.5. The Balaban J connectivity index is 2.54. The van der Waals surface area contributed by atoms with Gasteiger partial charge >= 0.3 is 6.09 Å². The number of ether oxygens (including phenoxy) is 2. The normalized spacial score (nSPS) is 11.0. The Bertz CT molecular complexity index is 827. The fraction of sp³-hybridized carbons (Fsp3) is 0.300. The molecule has 0 bridgehead atoms. The number of aryl methyl sites for hydroxylation is 1. The number of hydrogen-bond donors (Lipinski definition) is 0. The highest BCUT2D eigenvalue weighted by Gasteiger charge is 2.31. The molecule has 0 atom stereocenters. The second-order valence-corrected chi connectivity index (χ2v) is 7.61. The number of benzene rings is 2. The fourth-order valence-corrected chi connectivity index (χ4v) is 2.81. The highest BCUT2D eigenvalue weighted by atomic mass is 79.9. The van der Waals surface area contributed by atoms with E-state index in [1.165, 1.54) is 0 Å². The fourth-order valence-electron chi connectivity index (χ4n) is 2.36. The molecular weight excluding hydrogens is 398 g/mol. The summed E-state index contributed by atoms with van der Waals surface area (Å²) < 4.78 is 11.3. The standard InChI is InChI=1S/C20H22BrNO4/c1-13-12-14(25-5)10-11-17(13)22(19(24)26-20(2,3)4)18(23)15-8-6-7-9-16(15)21/h6-12H,1-5H3. The van der Waals surface area contributed by atoms with Gasteiger partial charge in [0.05, 0.1) is 18.4 Å². The lowest BCUT2D eigenvalue weighted by atomic mass is 10.1. The molecule has 0 heterocycles. The van der Waals surface area contributed by atoms with Crippen LogP contribution < -0.4 is 9.64 Å². The Morgan fingerprint density at radius 1 is 1.08 bits per heavy atom. The van der Waals surface area contributed by atoms with Crippen LogP contribution in [-0.4, -0.2) is 24.7 Å². The summed E-state index contributed by atoms with van der Waals surface area (Å²) in [4.78, 5) is 27.0. The van der Waals surface area contributed by atoms with Crippen molar-refractivity contribution in [3.8, 4) is 5.75 Å². The van der Waals surface area contributed by atoms with Gasteiger partial charge in [-0.2, -0.15) is 0 Å². The van der Waals surface area contributed by atoms with Gasteiger partial charge in [0.2, 0.25) is 0 Å². The van der Waals surface area contributed by atoms with Gasteiger partial charge in [-0.25, -0.2) is 9.69 Å². The third-order valence-corrected chi connectivity index (χ3v) is 4.22. The Kier molecular flexibility index (Phi) is 6.08. The number of hydrogen-bond acceptors (Lipinski definition) is 4. The molecule has 138 valence electrons. The second-order valence-electron chi connectivity index (χ2n) is 6.75. The molecule has 26 heavy (non-hydrogen) atoms. The largest absolute Gasteiger partial charge is 0.497 e. The number of imide groups is 1. The number of nitrogens with zero attached hydrogens (tertiary/aromatic N) is 1. The first-order chi connectivity index (χ1) is 12.1. The highest BCUT2D eigenvalue weighted by Crippen LogP contribution is 2.29. The summed E-state index contributed by atoms with van der Waals surface area (Å²) in [5.74, 6) is 0.170. The first kappa shape index (κ1) is 20.0. The van der Waals surface area contributed by atoms with E-state index in [2.05, 4.69) is 15.9 Å². The molecule has 5 nitrogen and oxygen atoms in total. The molecule has 0 saturated carbocycles. The van der Waals surface area contributed by atoms with Crippen LogP contribution in [0, 0.1) is 6.92 Å². The van der Waals surface area contributed by atoms with Crippen molar-refractivity contribution in [1.29, 1.82) is 0 Å². The van der Waals surface area contributed by atoms with Gasteiger partial charge in [0, 0.05) is 4.47 Å². The molecule has 0 aliphatic rings. The van der Waals surface area contributed by atoms with Crippen molar-refractivity contribution in [3.05, 3.63) is 58.1 Å². The van der Waals surface area contributed by atoms with E-state index >= 15 is 0 Å². The summed E-state index contributed by atoms with van der Waals surface area (Å²) in [6.45, 7) is 7.08. The van der Waals surface area contributed by atoms with Crippen LogP contribution in [0.2, 0.25) is 0 Å². The molecule has 0 spiro atoms. The molecule has 0 aliphatic heterocycles. The van der Waals surface area contributed by atoms with Gasteiger partial charge in [0.25, 0.3) is 5.91 Å². The van der Waals surface area contributed by atoms with Gasteiger partial charge in [-0.15, -0.1) is 0 Å². The van der Waals surface area contributed by atoms with Gasteiger partial charge in [0.1, 0.15) is 11.4 Å². The van der Waals surface area contributed by atoms with Crippen molar-refractivity contribution in [2.75, 3.05) is 12.0 Å². The molecule has 0 fully saturated rings. The van der Waals surface area contributed by atoms with Crippen LogP contribution in [0.15, 0.2) is 46.9 Å². The summed E-state index contributed by atoms with van der Waals surface area (Å²) in [5, 5.41) is 0. The van der Waals surface area contributed by atoms with Crippen molar-refractivity contribution in [3.63, 3.8) is 0 Å². The summed E-state index contributed by atoms with van der Waals surface area (Å²) in [7, 11) is 1.56. The zero-order valence-electron chi connectivity index (χ0n) is 15.5. The van der Waals surface area contributed by atoms with E-state index in [1.807, 2.05) is 6.92 Å². The van der Waals surface area contributed by atoms with Gasteiger partial charge in [0.15, 0.2) is 0 Å². The maximum atomic E-state index is 13.2. The van der Waals surface area contributed by atoms with E-state index < -0.39 is 17.6 Å². The molecule has 0 aliphatic carbocycles. The topological polar surface area (TPSA) is 55.8 Å². The van der Waals surface area contributed by atoms with Crippen LogP contribution in [0.1, 0.15) is 36.7 Å². The van der Waals surface area contributed by atoms with E-state index in [4.69, 9.17) is 9.47 Å². The summed E-state index contributed by atoms with van der Waals surface area (Å²) >= 11 is 3.37. The highest BCUT2D eigenvalue weighted by molar-refractivity contribution is 9.10. The predicted molar refractivity (Wildman–Crippen MR) is 105 cm³/mol. The molecule has 0 saturated heterocycles. The first-order valence-corrected chi connectivity index (χ1v) is 8.90. The van der Waals surface area contributed by atoms with Crippen LogP contribution >= 0.6 is 15.9 Å². The molecule has 2 rings (SSSR count). The molecule has 0 aromatic heterocycles. The number of rotatable bonds is 3. The number of amides is 2. The molecule has 2 aromatic rings. The lowest BCUT2D eigenvalue weighted by Crippen LogP contribution is -2.41. The van der Waals surface area contributed by atoms with Crippen LogP contribution in [0.5, 0.6) is 5.75 Å². The minimum atomic E-state index is -0.732. The number of carbonyl (C=O) groups is 2. The van der Waals surface area contributed by atoms with Crippen molar-refractivity contribution >= 4 is 33.6 Å². The predicted octanol–water partition coefficient (Wildman–Crippen LogP) is 5.35. The number of carbonyl (C=O) groups excluding carboxylic acids is 2. The van der Waals surface area contributed by atoms with Gasteiger partial charge < -0.3 is 9.47 Å². The minimum Gasteiger partial charge on any atom is -0.497 e. The zero-order valence-corrected chi connectivity index (χ0v) is 17.1. The average molecular weight is 420 g/mol. The Labute approximate surface area is 162 Å². The van der Waals surface area contributed by atoms with Crippen molar-refractivity contribution < 1.29 is 19.1 Å². The molecule has 6 heteroatoms. The quantitative estimate of drug-likeness (QED) is 0.672. The Morgan fingerprint density at radius 3 is 2.27 bits per heavy atom. The van der Waals surface area contributed by atoms with Crippen molar-refractivity contribution in [2.45, 2.75) is 33.3 Å². The van der Waals surface area contributed by atoms with Gasteiger partial charge in [-0.1, -0.05) is 12.1 Å². The first-order valence-electron chi connectivity index (χ1n) is 8.10. The monoisotopic (exact) mass is 419 g/mol. The Morgan fingerprint density at radius 2 is 1.73 bits per heavy atom. The summed E-state index contributed by atoms with van der Waals surface area (Å²) in [6, 6.07) is 12.1. The average Bonchev–Trinajstić information content (AvgIpc) is 2.55. The SMILES string of the molecule is COc1ccc(N(C(=O)OC(C)(C)C)C(=O)c2ccccc2Br)c(C)c1. The molecule has 0 unspecified atom stereocenters. The lowest BCUT2D eigenvalue weighted by molar-refractivity contribution is 0.0564. The molecule has 0 radical (unpaired) electrons. The smallest absolute Gasteiger partial charge is 0.422 e. The molecule has 0 N–H and O–H groups in total. The van der Waals surface area contributed by atoms with Crippen LogP contribution in [0.3, 0.4) is 0 Å². The molecular formula is C20H22BrNO4. The maximum Gasteiger partial charge on any atom is 0.422 e. The van der Waals surface area contributed by atoms with Crippen molar-refractivity contribution in [2.24, 2.45) is 0 Å². The van der Waals surface area contributed by atoms with Crippen LogP contribution in [0.4, 0.5) is 10.5 Å². The number of anilines is 1. The van der Waals surface area contributed by atoms with Crippen LogP contribution in [-0.2, 0) is 4.74 Å². The van der Waals surface area contributed by atoms with E-state index in [1.54, 1.807) is 70.3 Å². The van der Waals surface area contributed by atoms with Crippen LogP contribution in [0.25, 0.3) is 0 Å². The third-order valence-electron chi connectivity index (χ3n) is 3.53. The summed E-state index contributed by atoms with van der Waals surface area (Å²) in [5.41, 5.74) is 0.800. The van der Waals surface area contributed by atoms with Crippen molar-refractivity contribution in [1.82, 2.24) is 0 Å². The number of methoxy groups -OCH3 is 1. The van der Waals surface area contributed by atoms with E-state index in [-0.39, 0.29) is 0 Å². The molecule has 2 aromatic carbocycles. The summed E-state index contributed by atoms with van der Waals surface area (Å²) in [6.07, 6.45) is -0.730. The lowest BCUT2D eigenvalue weighted by Gasteiger charge is -2.27. The van der Waals surface area contributed by atoms with E-state index in [0.717, 1.165) is 10.5 Å². The van der Waals surface area contributed by atoms with Gasteiger partial charge in [-0.05, 0) is 79.5 Å². The van der Waals surface area contributed by atoms with E-state index in [0.29, 0.717) is 21.5 Å². The van der Waals surface area contributed by atoms with E-state index in [9.17, 15) is 9.59 Å². The Hall–Kier alpha value is -2.34. The maximum absolute atomic E-state index is 13.2. The minimum absolute atomic E-state index is 0.369. The second kappa shape index (κ2) is 7.91. The molecule has 2 amide bonds. The van der Waals surface area contributed by atoms with Gasteiger partial charge in [-0.3, -0.25) is 4.79 Å². The third kappa shape index (κ3) is 4.64. The number of halogens is 1.